The van der Waals surface area contributed by atoms with Gasteiger partial charge in [0.1, 0.15) is 22.5 Å². The van der Waals surface area contributed by atoms with Crippen LogP contribution in [0.4, 0.5) is 22.2 Å². The van der Waals surface area contributed by atoms with Crippen molar-refractivity contribution in [3.63, 3.8) is 0 Å². The molecule has 1 saturated heterocycles. The van der Waals surface area contributed by atoms with Gasteiger partial charge in [0.15, 0.2) is 17.0 Å². The van der Waals surface area contributed by atoms with Crippen molar-refractivity contribution in [2.75, 3.05) is 35.2 Å². The molecule has 14 nitrogen and oxygen atoms in total. The molecule has 2 fully saturated rings. The second-order valence-electron chi connectivity index (χ2n) is 13.3. The van der Waals surface area contributed by atoms with E-state index in [-0.39, 0.29) is 41.0 Å². The first-order valence-corrected chi connectivity index (χ1v) is 18.3. The van der Waals surface area contributed by atoms with Crippen LogP contribution in [-0.4, -0.2) is 90.6 Å². The molecule has 1 saturated carbocycles. The number of aromatic nitrogens is 5. The molecule has 2 aliphatic rings. The topological polar surface area (TPSA) is 182 Å². The van der Waals surface area contributed by atoms with Gasteiger partial charge in [-0.1, -0.05) is 90.8 Å². The lowest BCUT2D eigenvalue weighted by atomic mass is 9.91. The number of hydrogen-bond donors (Lipinski definition) is 6. The number of carbonyl (C=O) groups excluding carboxylic acids is 2. The number of aliphatic hydroxyl groups excluding tert-OH is 2. The highest BCUT2D eigenvalue weighted by Crippen LogP contribution is 2.35. The van der Waals surface area contributed by atoms with Gasteiger partial charge in [-0.3, -0.25) is 4.79 Å². The summed E-state index contributed by atoms with van der Waals surface area (Å²) in [6, 6.07) is 21.6. The zero-order chi connectivity index (χ0) is 37.1. The molecule has 5 aromatic rings. The summed E-state index contributed by atoms with van der Waals surface area (Å²) in [6.45, 7) is 3.22. The molecule has 7 rings (SSSR count). The molecule has 2 aromatic carbocycles. The van der Waals surface area contributed by atoms with Crippen molar-refractivity contribution in [3.8, 4) is 0 Å². The second-order valence-corrected chi connectivity index (χ2v) is 14.1. The Morgan fingerprint density at radius 2 is 1.60 bits per heavy atom. The summed E-state index contributed by atoms with van der Waals surface area (Å²) in [5, 5.41) is 34.6. The van der Waals surface area contributed by atoms with Crippen LogP contribution in [0.2, 0.25) is 10.3 Å². The van der Waals surface area contributed by atoms with E-state index in [1.165, 1.54) is 12.1 Å². The standard InChI is InChI=1S/C37H40Cl2N10O4/c1-2-30(50)44-26-17-27(33(52)32(26)51)49-20-41-31-34(40-18-25(21-9-5-3-6-10-21)22-11-7-4-8-12-22)46-36(47-35(31)49)48-14-13-23(19-48)42-37(53)43-24-15-28(38)45-29(39)16-24/h3-12,15-16,20,23,25-27,32-33,51-52H,2,13-14,17-19H2,1H3,(H,44,50)(H,40,46,47)(H2,42,43,45,53)/t23-,26+,27-,32-,33+/m1/s1. The third-order valence-electron chi connectivity index (χ3n) is 9.79. The van der Waals surface area contributed by atoms with Gasteiger partial charge in [-0.2, -0.15) is 9.97 Å². The first kappa shape index (κ1) is 36.3. The quantitative estimate of drug-likeness (QED) is 0.103. The number of urea groups is 1. The van der Waals surface area contributed by atoms with Gasteiger partial charge in [0, 0.05) is 43.7 Å². The van der Waals surface area contributed by atoms with E-state index in [4.69, 9.17) is 38.2 Å². The minimum Gasteiger partial charge on any atom is -0.388 e. The molecule has 5 atom stereocenters. The SMILES string of the molecule is CCC(=O)N[C@H]1C[C@@H](n2cnc3c(NCC(c4ccccc4)c4ccccc4)nc(N4CC[C@@H](NC(=O)Nc5cc(Cl)nc(Cl)c5)C4)nc32)[C@H](O)[C@@H]1O. The number of hydrogen-bond acceptors (Lipinski definition) is 10. The van der Waals surface area contributed by atoms with Crippen LogP contribution >= 0.6 is 23.2 Å². The molecule has 3 aromatic heterocycles. The summed E-state index contributed by atoms with van der Waals surface area (Å²) in [5.41, 5.74) is 3.65. The van der Waals surface area contributed by atoms with Crippen LogP contribution in [0, 0.1) is 0 Å². The maximum Gasteiger partial charge on any atom is 0.319 e. The van der Waals surface area contributed by atoms with E-state index in [0.717, 1.165) is 11.1 Å². The van der Waals surface area contributed by atoms with Crippen LogP contribution in [0.3, 0.4) is 0 Å². The molecule has 276 valence electrons. The van der Waals surface area contributed by atoms with Gasteiger partial charge in [-0.25, -0.2) is 14.8 Å². The number of benzene rings is 2. The van der Waals surface area contributed by atoms with E-state index in [1.54, 1.807) is 17.8 Å². The lowest BCUT2D eigenvalue weighted by molar-refractivity contribution is -0.122. The molecule has 0 unspecified atom stereocenters. The van der Waals surface area contributed by atoms with E-state index in [1.807, 2.05) is 41.3 Å². The maximum absolute atomic E-state index is 12.9. The normalized spacial score (nSPS) is 21.2. The molecule has 4 heterocycles. The van der Waals surface area contributed by atoms with Gasteiger partial charge in [0.05, 0.1) is 18.4 Å². The Labute approximate surface area is 316 Å². The van der Waals surface area contributed by atoms with Gasteiger partial charge in [-0.05, 0) is 36.1 Å². The lowest BCUT2D eigenvalue weighted by Gasteiger charge is -2.22. The highest BCUT2D eigenvalue weighted by Gasteiger charge is 2.44. The number of imidazole rings is 1. The molecule has 1 aliphatic carbocycles. The van der Waals surface area contributed by atoms with Crippen LogP contribution in [-0.2, 0) is 4.79 Å². The number of pyridine rings is 1. The number of fused-ring (bicyclic) bond motifs is 1. The zero-order valence-corrected chi connectivity index (χ0v) is 30.4. The first-order valence-electron chi connectivity index (χ1n) is 17.6. The molecular formula is C37H40Cl2N10O4. The fourth-order valence-electron chi connectivity index (χ4n) is 7.10. The number of aliphatic hydroxyl groups is 2. The predicted octanol–water partition coefficient (Wildman–Crippen LogP) is 4.73. The Morgan fingerprint density at radius 1 is 0.925 bits per heavy atom. The number of anilines is 3. The smallest absolute Gasteiger partial charge is 0.319 e. The Bertz CT molecular complexity index is 2010. The molecule has 1 aliphatic heterocycles. The molecular weight excluding hydrogens is 719 g/mol. The minimum atomic E-state index is -1.17. The summed E-state index contributed by atoms with van der Waals surface area (Å²) in [6.07, 6.45) is 0.432. The van der Waals surface area contributed by atoms with Crippen LogP contribution in [0.15, 0.2) is 79.1 Å². The van der Waals surface area contributed by atoms with E-state index >= 15 is 0 Å². The van der Waals surface area contributed by atoms with Crippen molar-refractivity contribution in [1.82, 2.24) is 35.1 Å². The van der Waals surface area contributed by atoms with Gasteiger partial charge in [0.2, 0.25) is 11.9 Å². The average Bonchev–Trinajstić information content (AvgIpc) is 3.86. The van der Waals surface area contributed by atoms with Crippen LogP contribution in [0.25, 0.3) is 11.2 Å². The van der Waals surface area contributed by atoms with Crippen molar-refractivity contribution in [2.45, 2.75) is 62.4 Å². The number of rotatable bonds is 11. The van der Waals surface area contributed by atoms with Crippen molar-refractivity contribution in [1.29, 1.82) is 0 Å². The molecule has 16 heteroatoms. The summed E-state index contributed by atoms with van der Waals surface area (Å²) in [7, 11) is 0. The lowest BCUT2D eigenvalue weighted by Crippen LogP contribution is -2.42. The fraction of sp³-hybridized carbons (Fsp3) is 0.351. The van der Waals surface area contributed by atoms with E-state index < -0.39 is 30.3 Å². The summed E-state index contributed by atoms with van der Waals surface area (Å²) in [5.74, 6) is 0.704. The zero-order valence-electron chi connectivity index (χ0n) is 28.9. The van der Waals surface area contributed by atoms with Crippen molar-refractivity contribution in [3.05, 3.63) is 101 Å². The fourth-order valence-corrected chi connectivity index (χ4v) is 7.56. The summed E-state index contributed by atoms with van der Waals surface area (Å²) >= 11 is 12.0. The third kappa shape index (κ3) is 8.15. The summed E-state index contributed by atoms with van der Waals surface area (Å²) in [4.78, 5) is 45.7. The average molecular weight is 760 g/mol. The molecule has 0 radical (unpaired) electrons. The molecule has 0 bridgehead atoms. The Morgan fingerprint density at radius 3 is 2.26 bits per heavy atom. The summed E-state index contributed by atoms with van der Waals surface area (Å²) < 4.78 is 1.76. The van der Waals surface area contributed by atoms with E-state index in [0.29, 0.717) is 54.7 Å². The Kier molecular flexibility index (Phi) is 10.9. The highest BCUT2D eigenvalue weighted by atomic mass is 35.5. The number of nitrogens with one attached hydrogen (secondary N) is 4. The monoisotopic (exact) mass is 758 g/mol. The van der Waals surface area contributed by atoms with Gasteiger partial charge >= 0.3 is 6.03 Å². The predicted molar refractivity (Wildman–Crippen MR) is 203 cm³/mol. The highest BCUT2D eigenvalue weighted by molar-refractivity contribution is 6.33. The van der Waals surface area contributed by atoms with Crippen LogP contribution in [0.1, 0.15) is 49.3 Å². The molecule has 6 N–H and O–H groups in total. The third-order valence-corrected chi connectivity index (χ3v) is 10.2. The van der Waals surface area contributed by atoms with Crippen LogP contribution in [0.5, 0.6) is 0 Å². The minimum absolute atomic E-state index is 0.00766. The van der Waals surface area contributed by atoms with Gasteiger partial charge in [0.25, 0.3) is 0 Å². The van der Waals surface area contributed by atoms with E-state index in [9.17, 15) is 19.8 Å². The number of nitrogens with zero attached hydrogens (tertiary/aromatic N) is 6. The maximum atomic E-state index is 12.9. The second kappa shape index (κ2) is 15.9. The van der Waals surface area contributed by atoms with Crippen molar-refractivity contribution < 1.29 is 19.8 Å². The van der Waals surface area contributed by atoms with Crippen molar-refractivity contribution in [2.24, 2.45) is 0 Å². The molecule has 3 amide bonds. The largest absolute Gasteiger partial charge is 0.388 e. The molecule has 53 heavy (non-hydrogen) atoms. The first-order chi connectivity index (χ1) is 25.7. The van der Waals surface area contributed by atoms with Crippen molar-refractivity contribution >= 4 is 63.8 Å². The number of amides is 3. The van der Waals surface area contributed by atoms with E-state index in [2.05, 4.69) is 50.5 Å². The van der Waals surface area contributed by atoms with Crippen LogP contribution < -0.4 is 26.2 Å². The Hall–Kier alpha value is -5.02. The number of carbonyl (C=O) groups is 2. The van der Waals surface area contributed by atoms with Gasteiger partial charge < -0.3 is 40.9 Å². The van der Waals surface area contributed by atoms with Gasteiger partial charge in [-0.15, -0.1) is 0 Å². The Balaban J connectivity index is 1.18. The molecule has 0 spiro atoms. The number of halogens is 2.